The molecule has 0 aliphatic rings. The van der Waals surface area contributed by atoms with Crippen molar-refractivity contribution in [2.75, 3.05) is 19.1 Å². The smallest absolute Gasteiger partial charge is 0.328 e. The van der Waals surface area contributed by atoms with E-state index in [1.54, 1.807) is 36.0 Å². The SMILES string of the molecule is COC(=O)[C@H](CCSC)NC(=O)c1n[nH]c(=O)c2ccccc12. The van der Waals surface area contributed by atoms with E-state index in [4.69, 9.17) is 4.74 Å². The Morgan fingerprint density at radius 1 is 1.35 bits per heavy atom. The van der Waals surface area contributed by atoms with Gasteiger partial charge in [-0.1, -0.05) is 18.2 Å². The molecular weight excluding hydrogens is 318 g/mol. The Bertz CT molecular complexity index is 775. The highest BCUT2D eigenvalue weighted by Gasteiger charge is 2.23. The zero-order valence-electron chi connectivity index (χ0n) is 12.8. The molecule has 0 radical (unpaired) electrons. The molecule has 2 aromatic rings. The molecule has 0 saturated heterocycles. The molecule has 0 bridgehead atoms. The fraction of sp³-hybridized carbons (Fsp3) is 0.333. The Morgan fingerprint density at radius 3 is 2.70 bits per heavy atom. The second kappa shape index (κ2) is 7.77. The van der Waals surface area contributed by atoms with Gasteiger partial charge in [0.2, 0.25) is 0 Å². The third-order valence-electron chi connectivity index (χ3n) is 3.31. The Balaban J connectivity index is 2.31. The predicted octanol–water partition coefficient (Wildman–Crippen LogP) is 0.948. The topological polar surface area (TPSA) is 101 Å². The number of esters is 1. The minimum atomic E-state index is -0.757. The molecule has 0 unspecified atom stereocenters. The van der Waals surface area contributed by atoms with E-state index >= 15 is 0 Å². The van der Waals surface area contributed by atoms with Crippen molar-refractivity contribution in [2.24, 2.45) is 0 Å². The van der Waals surface area contributed by atoms with Crippen LogP contribution in [0.3, 0.4) is 0 Å². The molecule has 0 fully saturated rings. The number of hydrogen-bond acceptors (Lipinski definition) is 6. The normalized spacial score (nSPS) is 11.9. The zero-order chi connectivity index (χ0) is 16.8. The Labute approximate surface area is 136 Å². The maximum atomic E-state index is 12.5. The van der Waals surface area contributed by atoms with Gasteiger partial charge in [0.15, 0.2) is 5.69 Å². The molecule has 7 nitrogen and oxygen atoms in total. The molecule has 0 aliphatic heterocycles. The van der Waals surface area contributed by atoms with Crippen LogP contribution < -0.4 is 10.9 Å². The van der Waals surface area contributed by atoms with E-state index in [1.165, 1.54) is 7.11 Å². The van der Waals surface area contributed by atoms with Crippen LogP contribution in [0.2, 0.25) is 0 Å². The molecule has 1 aromatic heterocycles. The van der Waals surface area contributed by atoms with Crippen molar-refractivity contribution in [3.8, 4) is 0 Å². The number of hydrogen-bond donors (Lipinski definition) is 2. The highest BCUT2D eigenvalue weighted by atomic mass is 32.2. The molecule has 2 N–H and O–H groups in total. The number of ether oxygens (including phenoxy) is 1. The summed E-state index contributed by atoms with van der Waals surface area (Å²) in [6.07, 6.45) is 2.36. The third-order valence-corrected chi connectivity index (χ3v) is 3.96. The van der Waals surface area contributed by atoms with Gasteiger partial charge in [0.05, 0.1) is 12.5 Å². The van der Waals surface area contributed by atoms with Gasteiger partial charge in [0, 0.05) is 5.39 Å². The van der Waals surface area contributed by atoms with Gasteiger partial charge in [-0.2, -0.15) is 16.9 Å². The number of amides is 1. The van der Waals surface area contributed by atoms with Gasteiger partial charge in [0.25, 0.3) is 11.5 Å². The van der Waals surface area contributed by atoms with Crippen LogP contribution in [0.15, 0.2) is 29.1 Å². The minimum absolute atomic E-state index is 0.0678. The molecular formula is C15H17N3O4S. The van der Waals surface area contributed by atoms with Crippen molar-refractivity contribution in [3.05, 3.63) is 40.3 Å². The molecule has 2 rings (SSSR count). The predicted molar refractivity (Wildman–Crippen MR) is 88.6 cm³/mol. The molecule has 8 heteroatoms. The van der Waals surface area contributed by atoms with E-state index in [0.29, 0.717) is 22.9 Å². The van der Waals surface area contributed by atoms with Crippen LogP contribution in [0.4, 0.5) is 0 Å². The number of benzene rings is 1. The summed E-state index contributed by atoms with van der Waals surface area (Å²) in [5, 5.41) is 9.53. The molecule has 1 heterocycles. The average molecular weight is 335 g/mol. The monoisotopic (exact) mass is 335 g/mol. The lowest BCUT2D eigenvalue weighted by molar-refractivity contribution is -0.142. The minimum Gasteiger partial charge on any atom is -0.467 e. The molecule has 1 aromatic carbocycles. The summed E-state index contributed by atoms with van der Waals surface area (Å²) in [6.45, 7) is 0. The molecule has 0 spiro atoms. The highest BCUT2D eigenvalue weighted by molar-refractivity contribution is 7.98. The van der Waals surface area contributed by atoms with Crippen molar-refractivity contribution in [1.29, 1.82) is 0 Å². The number of rotatable bonds is 6. The van der Waals surface area contributed by atoms with Crippen molar-refractivity contribution < 1.29 is 14.3 Å². The van der Waals surface area contributed by atoms with E-state index in [2.05, 4.69) is 15.5 Å². The van der Waals surface area contributed by atoms with Crippen LogP contribution in [0.1, 0.15) is 16.9 Å². The summed E-state index contributed by atoms with van der Waals surface area (Å²) < 4.78 is 4.71. The van der Waals surface area contributed by atoms with E-state index in [0.717, 1.165) is 0 Å². The van der Waals surface area contributed by atoms with Gasteiger partial charge in [-0.15, -0.1) is 0 Å². The van der Waals surface area contributed by atoms with Gasteiger partial charge in [0.1, 0.15) is 6.04 Å². The number of fused-ring (bicyclic) bond motifs is 1. The van der Waals surface area contributed by atoms with Gasteiger partial charge >= 0.3 is 5.97 Å². The summed E-state index contributed by atoms with van der Waals surface area (Å²) in [6, 6.07) is 5.91. The van der Waals surface area contributed by atoms with E-state index in [-0.39, 0.29) is 11.3 Å². The van der Waals surface area contributed by atoms with Gasteiger partial charge in [-0.05, 0) is 24.5 Å². The lowest BCUT2D eigenvalue weighted by atomic mass is 10.1. The van der Waals surface area contributed by atoms with Crippen LogP contribution in [-0.2, 0) is 9.53 Å². The second-order valence-electron chi connectivity index (χ2n) is 4.78. The van der Waals surface area contributed by atoms with Gasteiger partial charge in [-0.3, -0.25) is 9.59 Å². The van der Waals surface area contributed by atoms with E-state index < -0.39 is 17.9 Å². The number of aromatic amines is 1. The summed E-state index contributed by atoms with van der Waals surface area (Å²) in [5.41, 5.74) is -0.303. The Morgan fingerprint density at radius 2 is 2.04 bits per heavy atom. The van der Waals surface area contributed by atoms with Crippen molar-refractivity contribution in [1.82, 2.24) is 15.5 Å². The number of thioether (sulfide) groups is 1. The summed E-state index contributed by atoms with van der Waals surface area (Å²) in [7, 11) is 1.27. The van der Waals surface area contributed by atoms with Gasteiger partial charge in [-0.25, -0.2) is 9.89 Å². The van der Waals surface area contributed by atoms with Crippen molar-refractivity contribution in [3.63, 3.8) is 0 Å². The standard InChI is InChI=1S/C15H17N3O4S/c1-22-15(21)11(7-8-23-2)16-14(20)12-9-5-3-4-6-10(9)13(19)18-17-12/h3-6,11H,7-8H2,1-2H3,(H,16,20)(H,18,19)/t11-/m0/s1. The summed E-state index contributed by atoms with van der Waals surface area (Å²) in [5.74, 6) is -0.352. The first kappa shape index (κ1) is 17.0. The first-order chi connectivity index (χ1) is 11.1. The molecule has 23 heavy (non-hydrogen) atoms. The number of methoxy groups -OCH3 is 1. The number of carbonyl (C=O) groups excluding carboxylic acids is 2. The third kappa shape index (κ3) is 3.89. The van der Waals surface area contributed by atoms with E-state index in [1.807, 2.05) is 6.26 Å². The first-order valence-corrected chi connectivity index (χ1v) is 8.33. The summed E-state index contributed by atoms with van der Waals surface area (Å²) in [4.78, 5) is 36.0. The maximum Gasteiger partial charge on any atom is 0.328 e. The fourth-order valence-electron chi connectivity index (χ4n) is 2.14. The first-order valence-electron chi connectivity index (χ1n) is 6.93. The molecule has 1 amide bonds. The number of nitrogens with zero attached hydrogens (tertiary/aromatic N) is 1. The van der Waals surface area contributed by atoms with Crippen molar-refractivity contribution >= 4 is 34.4 Å². The van der Waals surface area contributed by atoms with Crippen LogP contribution in [0, 0.1) is 0 Å². The highest BCUT2D eigenvalue weighted by Crippen LogP contribution is 2.13. The second-order valence-corrected chi connectivity index (χ2v) is 5.76. The largest absolute Gasteiger partial charge is 0.467 e. The van der Waals surface area contributed by atoms with Gasteiger partial charge < -0.3 is 10.1 Å². The molecule has 0 saturated carbocycles. The number of aromatic nitrogens is 2. The molecule has 0 aliphatic carbocycles. The van der Waals surface area contributed by atoms with Crippen LogP contribution in [0.5, 0.6) is 0 Å². The Hall–Kier alpha value is -2.35. The molecule has 122 valence electrons. The molecule has 1 atom stereocenters. The number of carbonyl (C=O) groups is 2. The maximum absolute atomic E-state index is 12.5. The summed E-state index contributed by atoms with van der Waals surface area (Å²) >= 11 is 1.56. The lowest BCUT2D eigenvalue weighted by Gasteiger charge is -2.16. The average Bonchev–Trinajstić information content (AvgIpc) is 2.58. The van der Waals surface area contributed by atoms with Crippen LogP contribution in [0.25, 0.3) is 10.8 Å². The van der Waals surface area contributed by atoms with Crippen LogP contribution >= 0.6 is 11.8 Å². The Kier molecular flexibility index (Phi) is 5.75. The van der Waals surface area contributed by atoms with Crippen LogP contribution in [-0.4, -0.2) is 47.2 Å². The number of nitrogens with one attached hydrogen (secondary N) is 2. The lowest BCUT2D eigenvalue weighted by Crippen LogP contribution is -2.42. The quantitative estimate of drug-likeness (QED) is 0.762. The number of H-pyrrole nitrogens is 1. The van der Waals surface area contributed by atoms with E-state index in [9.17, 15) is 14.4 Å². The van der Waals surface area contributed by atoms with Crippen molar-refractivity contribution in [2.45, 2.75) is 12.5 Å². The zero-order valence-corrected chi connectivity index (χ0v) is 13.6. The fourth-order valence-corrected chi connectivity index (χ4v) is 2.61.